The van der Waals surface area contributed by atoms with Gasteiger partial charge in [-0.1, -0.05) is 0 Å². The molecule has 0 aliphatic carbocycles. The van der Waals surface area contributed by atoms with E-state index in [1.54, 1.807) is 0 Å². The lowest BCUT2D eigenvalue weighted by Gasteiger charge is -2.09. The van der Waals surface area contributed by atoms with E-state index in [-0.39, 0.29) is 29.7 Å². The van der Waals surface area contributed by atoms with E-state index in [0.29, 0.717) is 18.7 Å². The van der Waals surface area contributed by atoms with Crippen molar-refractivity contribution in [2.75, 3.05) is 17.3 Å². The molecular weight excluding hydrogens is 328 g/mol. The summed E-state index contributed by atoms with van der Waals surface area (Å²) in [6.45, 7) is 0.970. The lowest BCUT2D eigenvalue weighted by molar-refractivity contribution is 0.541. The minimum absolute atomic E-state index is 0.0427. The van der Waals surface area contributed by atoms with Crippen molar-refractivity contribution < 1.29 is 16.8 Å². The van der Waals surface area contributed by atoms with E-state index in [0.717, 1.165) is 25.2 Å². The number of aromatic nitrogens is 3. The molecule has 0 spiro atoms. The van der Waals surface area contributed by atoms with Crippen LogP contribution in [0.25, 0.3) is 0 Å². The van der Waals surface area contributed by atoms with Crippen LogP contribution in [0, 0.1) is 5.92 Å². The van der Waals surface area contributed by atoms with Crippen LogP contribution in [0.4, 0.5) is 0 Å². The van der Waals surface area contributed by atoms with Crippen molar-refractivity contribution in [3.63, 3.8) is 0 Å². The highest BCUT2D eigenvalue weighted by atomic mass is 32.2. The topological polar surface area (TPSA) is 111 Å². The first-order chi connectivity index (χ1) is 10.3. The summed E-state index contributed by atoms with van der Waals surface area (Å²) in [7, 11) is -6.38. The third-order valence-corrected chi connectivity index (χ3v) is 7.45. The summed E-state index contributed by atoms with van der Waals surface area (Å²) in [6, 6.07) is 0. The second kappa shape index (κ2) is 5.89. The zero-order chi connectivity index (χ0) is 15.8. The second-order valence-electron chi connectivity index (χ2n) is 5.99. The summed E-state index contributed by atoms with van der Waals surface area (Å²) in [5.74, 6) is 1.74. The van der Waals surface area contributed by atoms with Crippen molar-refractivity contribution in [1.29, 1.82) is 0 Å². The lowest BCUT2D eigenvalue weighted by atomic mass is 10.1. The van der Waals surface area contributed by atoms with Gasteiger partial charge in [0, 0.05) is 13.0 Å². The predicted octanol–water partition coefficient (Wildman–Crippen LogP) is -0.531. The highest BCUT2D eigenvalue weighted by Gasteiger charge is 2.29. The van der Waals surface area contributed by atoms with Gasteiger partial charge in [0.15, 0.2) is 9.84 Å². The van der Waals surface area contributed by atoms with Crippen LogP contribution in [-0.2, 0) is 39.4 Å². The molecular formula is C12H20N4O4S2. The second-order valence-corrected chi connectivity index (χ2v) is 10.1. The first-order valence-corrected chi connectivity index (χ1v) is 10.9. The third kappa shape index (κ3) is 3.66. The van der Waals surface area contributed by atoms with Crippen LogP contribution < -0.4 is 4.72 Å². The molecule has 0 bridgehead atoms. The first-order valence-electron chi connectivity index (χ1n) is 7.43. The van der Waals surface area contributed by atoms with Gasteiger partial charge in [-0.15, -0.1) is 10.2 Å². The van der Waals surface area contributed by atoms with E-state index in [9.17, 15) is 16.8 Å². The molecule has 8 nitrogen and oxygen atoms in total. The number of sulfone groups is 1. The average molecular weight is 348 g/mol. The fourth-order valence-electron chi connectivity index (χ4n) is 3.01. The van der Waals surface area contributed by atoms with Crippen molar-refractivity contribution in [2.24, 2.45) is 5.92 Å². The molecule has 0 amide bonds. The monoisotopic (exact) mass is 348 g/mol. The Morgan fingerprint density at radius 1 is 1.32 bits per heavy atom. The van der Waals surface area contributed by atoms with E-state index >= 15 is 0 Å². The molecule has 1 fully saturated rings. The predicted molar refractivity (Wildman–Crippen MR) is 80.3 cm³/mol. The maximum Gasteiger partial charge on any atom is 0.212 e. The third-order valence-electron chi connectivity index (χ3n) is 4.26. The Balaban J connectivity index is 1.51. The Kier molecular flexibility index (Phi) is 4.25. The number of fused-ring (bicyclic) bond motifs is 1. The van der Waals surface area contributed by atoms with Crippen LogP contribution in [0.3, 0.4) is 0 Å². The Hall–Kier alpha value is -1.00. The maximum absolute atomic E-state index is 12.0. The highest BCUT2D eigenvalue weighted by Crippen LogP contribution is 2.22. The highest BCUT2D eigenvalue weighted by molar-refractivity contribution is 7.91. The summed E-state index contributed by atoms with van der Waals surface area (Å²) in [6.07, 6.45) is 2.85. The number of nitrogens with one attached hydrogen (secondary N) is 1. The molecule has 1 N–H and O–H groups in total. The van der Waals surface area contributed by atoms with Gasteiger partial charge < -0.3 is 4.57 Å². The molecule has 124 valence electrons. The van der Waals surface area contributed by atoms with E-state index in [1.807, 2.05) is 4.57 Å². The van der Waals surface area contributed by atoms with E-state index in [4.69, 9.17) is 0 Å². The molecule has 1 aromatic rings. The zero-order valence-electron chi connectivity index (χ0n) is 12.2. The van der Waals surface area contributed by atoms with Crippen LogP contribution in [0.2, 0.25) is 0 Å². The van der Waals surface area contributed by atoms with Gasteiger partial charge >= 0.3 is 0 Å². The van der Waals surface area contributed by atoms with Gasteiger partial charge in [-0.2, -0.15) is 0 Å². The van der Waals surface area contributed by atoms with Crippen LogP contribution >= 0.6 is 0 Å². The van der Waals surface area contributed by atoms with Crippen LogP contribution in [-0.4, -0.2) is 48.9 Å². The molecule has 1 saturated heterocycles. The number of aryl methyl sites for hydroxylation is 1. The van der Waals surface area contributed by atoms with Crippen LogP contribution in [0.15, 0.2) is 0 Å². The largest absolute Gasteiger partial charge is 0.314 e. The number of rotatable bonds is 6. The minimum Gasteiger partial charge on any atom is -0.314 e. The molecule has 2 aliphatic rings. The molecule has 10 heteroatoms. The molecule has 0 aromatic carbocycles. The number of hydrogen-bond acceptors (Lipinski definition) is 6. The van der Waals surface area contributed by atoms with Gasteiger partial charge in [-0.25, -0.2) is 21.6 Å². The molecule has 1 atom stereocenters. The normalized spacial score (nSPS) is 23.7. The molecule has 22 heavy (non-hydrogen) atoms. The fourth-order valence-corrected chi connectivity index (χ4v) is 6.06. The minimum atomic E-state index is -3.43. The summed E-state index contributed by atoms with van der Waals surface area (Å²) in [5.41, 5.74) is 0. The smallest absolute Gasteiger partial charge is 0.212 e. The van der Waals surface area contributed by atoms with Crippen molar-refractivity contribution in [2.45, 2.75) is 38.8 Å². The Bertz CT molecular complexity index is 754. The number of nitrogens with zero attached hydrogens (tertiary/aromatic N) is 3. The molecule has 1 aromatic heterocycles. The molecule has 1 unspecified atom stereocenters. The zero-order valence-corrected chi connectivity index (χ0v) is 13.9. The fraction of sp³-hybridized carbons (Fsp3) is 0.833. The van der Waals surface area contributed by atoms with Gasteiger partial charge in [0.25, 0.3) is 0 Å². The summed E-state index contributed by atoms with van der Waals surface area (Å²) in [5, 5.41) is 8.04. The molecule has 2 aliphatic heterocycles. The SMILES string of the molecule is O=S1(=O)CCC(CCS(=O)(=O)NCc2nnc3n2CCC3)C1. The van der Waals surface area contributed by atoms with Gasteiger partial charge in [0.05, 0.1) is 23.8 Å². The molecule has 3 heterocycles. The molecule has 0 radical (unpaired) electrons. The summed E-state index contributed by atoms with van der Waals surface area (Å²) < 4.78 is 51.3. The lowest BCUT2D eigenvalue weighted by Crippen LogP contribution is -2.28. The van der Waals surface area contributed by atoms with E-state index in [1.165, 1.54) is 0 Å². The van der Waals surface area contributed by atoms with Gasteiger partial charge in [-0.3, -0.25) is 0 Å². The number of hydrogen-bond donors (Lipinski definition) is 1. The van der Waals surface area contributed by atoms with Crippen molar-refractivity contribution in [3.05, 3.63) is 11.6 Å². The van der Waals surface area contributed by atoms with E-state index < -0.39 is 19.9 Å². The van der Waals surface area contributed by atoms with E-state index in [2.05, 4.69) is 14.9 Å². The Labute approximate surface area is 130 Å². The van der Waals surface area contributed by atoms with Crippen molar-refractivity contribution in [3.8, 4) is 0 Å². The molecule has 3 rings (SSSR count). The quantitative estimate of drug-likeness (QED) is 0.740. The molecule has 0 saturated carbocycles. The number of sulfonamides is 1. The maximum atomic E-state index is 12.0. The average Bonchev–Trinajstić information content (AvgIpc) is 3.10. The Morgan fingerprint density at radius 2 is 2.14 bits per heavy atom. The summed E-state index contributed by atoms with van der Waals surface area (Å²) in [4.78, 5) is 0. The van der Waals surface area contributed by atoms with Gasteiger partial charge in [-0.05, 0) is 25.2 Å². The van der Waals surface area contributed by atoms with Crippen LogP contribution in [0.1, 0.15) is 30.9 Å². The van der Waals surface area contributed by atoms with Gasteiger partial charge in [0.2, 0.25) is 10.0 Å². The van der Waals surface area contributed by atoms with Crippen molar-refractivity contribution in [1.82, 2.24) is 19.5 Å². The standard InChI is InChI=1S/C12H20N4O4S2/c17-21(18)6-3-10(9-21)4-7-22(19,20)13-8-12-15-14-11-2-1-5-16(11)12/h10,13H,1-9H2. The summed E-state index contributed by atoms with van der Waals surface area (Å²) >= 11 is 0. The van der Waals surface area contributed by atoms with Crippen LogP contribution in [0.5, 0.6) is 0 Å². The first kappa shape index (κ1) is 15.9. The van der Waals surface area contributed by atoms with Gasteiger partial charge in [0.1, 0.15) is 11.6 Å². The Morgan fingerprint density at radius 3 is 2.86 bits per heavy atom. The van der Waals surface area contributed by atoms with Crippen molar-refractivity contribution >= 4 is 19.9 Å².